The van der Waals surface area contributed by atoms with Crippen molar-refractivity contribution in [2.24, 2.45) is 0 Å². The fourth-order valence-electron chi connectivity index (χ4n) is 14.6. The second-order valence-corrected chi connectivity index (χ2v) is 23.9. The smallest absolute Gasteiger partial charge is 0.247 e. The van der Waals surface area contributed by atoms with E-state index in [4.69, 9.17) is 0 Å². The van der Waals surface area contributed by atoms with E-state index in [9.17, 15) is 0 Å². The Morgan fingerprint density at radius 2 is 0.873 bits per heavy atom. The van der Waals surface area contributed by atoms with Gasteiger partial charge >= 0.3 is 0 Å². The normalized spacial score (nSPS) is 16.1. The molecule has 9 aromatic carbocycles. The molecule has 4 aliphatic heterocycles. The summed E-state index contributed by atoms with van der Waals surface area (Å²) in [5.41, 5.74) is 37.1. The van der Waals surface area contributed by atoms with Gasteiger partial charge in [0.1, 0.15) is 0 Å². The third-order valence-electron chi connectivity index (χ3n) is 17.5. The summed E-state index contributed by atoms with van der Waals surface area (Å²) in [6.07, 6.45) is 0. The molecule has 71 heavy (non-hydrogen) atoms. The predicted octanol–water partition coefficient (Wildman–Crippen LogP) is 12.9. The maximum Gasteiger partial charge on any atom is 0.247 e. The molecule has 9 aromatic rings. The van der Waals surface area contributed by atoms with Crippen LogP contribution in [0.15, 0.2) is 158 Å². The average Bonchev–Trinajstić information content (AvgIpc) is 3.80. The molecule has 1 atom stereocenters. The Morgan fingerprint density at radius 3 is 1.46 bits per heavy atom. The number of fused-ring (bicyclic) bond motifs is 8. The molecular formula is C68H59B2N. The molecule has 6 aliphatic rings. The van der Waals surface area contributed by atoms with Gasteiger partial charge in [-0.1, -0.05) is 220 Å². The van der Waals surface area contributed by atoms with Crippen molar-refractivity contribution in [3.8, 4) is 44.5 Å². The molecule has 3 heteroatoms. The lowest BCUT2D eigenvalue weighted by Crippen LogP contribution is -2.66. The van der Waals surface area contributed by atoms with E-state index < -0.39 is 5.41 Å². The fraction of sp³-hybridized carbons (Fsp3) is 0.206. The molecule has 6 bridgehead atoms. The fourth-order valence-corrected chi connectivity index (χ4v) is 14.6. The zero-order valence-electron chi connectivity index (χ0n) is 43.1. The summed E-state index contributed by atoms with van der Waals surface area (Å²) in [6.45, 7) is 25.8. The molecule has 2 aliphatic carbocycles. The minimum absolute atomic E-state index is 0.00633. The standard InChI is InChI=1S/C68H59B2N/c1-38-29-40(3)63(41(4)30-38)69-56-36-45(66(6,7)8)24-27-60(56)71-61-28-25-46(67(9,10)11)37-57(61)70-59-35-44(34-58(69)65(59)71)47-19-16-20-50-48-17-12-14-21-53(48)68(62(47)50)54-22-15-13-18-49(54)52-33-43(23-26-55(52)68)51-32-39(2)31-42(5)64(51)70/h12-37H,1-11H3. The van der Waals surface area contributed by atoms with E-state index in [1.54, 1.807) is 0 Å². The molecule has 342 valence electrons. The van der Waals surface area contributed by atoms with Crippen LogP contribution in [0.3, 0.4) is 0 Å². The second-order valence-electron chi connectivity index (χ2n) is 23.9. The van der Waals surface area contributed by atoms with E-state index in [0.717, 1.165) is 0 Å². The van der Waals surface area contributed by atoms with Crippen LogP contribution in [-0.2, 0) is 16.2 Å². The first-order valence-corrected chi connectivity index (χ1v) is 26.0. The van der Waals surface area contributed by atoms with Gasteiger partial charge in [-0.05, 0) is 163 Å². The Kier molecular flexibility index (Phi) is 8.60. The number of nitrogens with zero attached hydrogens (tertiary/aromatic N) is 1. The quantitative estimate of drug-likeness (QED) is 0.148. The first-order chi connectivity index (χ1) is 34.0. The van der Waals surface area contributed by atoms with Gasteiger partial charge in [-0.2, -0.15) is 0 Å². The van der Waals surface area contributed by atoms with Crippen LogP contribution in [0.25, 0.3) is 44.5 Å². The molecule has 1 unspecified atom stereocenters. The summed E-state index contributed by atoms with van der Waals surface area (Å²) in [5, 5.41) is 0. The minimum atomic E-state index is -0.503. The highest BCUT2D eigenvalue weighted by Crippen LogP contribution is 2.65. The van der Waals surface area contributed by atoms with Crippen LogP contribution in [0.1, 0.15) is 103 Å². The van der Waals surface area contributed by atoms with Crippen LogP contribution in [0.5, 0.6) is 0 Å². The first kappa shape index (κ1) is 42.8. The second kappa shape index (κ2) is 14.3. The number of benzene rings is 9. The molecule has 0 N–H and O–H groups in total. The lowest BCUT2D eigenvalue weighted by Gasteiger charge is -2.45. The van der Waals surface area contributed by atoms with E-state index in [-0.39, 0.29) is 24.3 Å². The van der Waals surface area contributed by atoms with E-state index in [1.807, 2.05) is 0 Å². The maximum atomic E-state index is 2.70. The Morgan fingerprint density at radius 1 is 0.380 bits per heavy atom. The van der Waals surface area contributed by atoms with Gasteiger partial charge in [0.15, 0.2) is 0 Å². The molecule has 1 spiro atoms. The van der Waals surface area contributed by atoms with Gasteiger partial charge in [0.05, 0.1) is 5.41 Å². The summed E-state index contributed by atoms with van der Waals surface area (Å²) in [5.74, 6) is 0. The topological polar surface area (TPSA) is 3.24 Å². The summed E-state index contributed by atoms with van der Waals surface area (Å²) >= 11 is 0. The number of hydrogen-bond acceptors (Lipinski definition) is 1. The van der Waals surface area contributed by atoms with Crippen molar-refractivity contribution < 1.29 is 0 Å². The Balaban J connectivity index is 1.23. The van der Waals surface area contributed by atoms with Gasteiger partial charge in [0.25, 0.3) is 0 Å². The highest BCUT2D eigenvalue weighted by molar-refractivity contribution is 7.03. The predicted molar refractivity (Wildman–Crippen MR) is 305 cm³/mol. The van der Waals surface area contributed by atoms with Gasteiger partial charge < -0.3 is 4.90 Å². The molecule has 4 heterocycles. The Labute approximate surface area is 421 Å². The van der Waals surface area contributed by atoms with Crippen molar-refractivity contribution in [2.75, 3.05) is 4.90 Å². The molecule has 1 nitrogen and oxygen atoms in total. The van der Waals surface area contributed by atoms with Crippen molar-refractivity contribution >= 4 is 63.3 Å². The summed E-state index contributed by atoms with van der Waals surface area (Å²) in [4.78, 5) is 2.70. The van der Waals surface area contributed by atoms with Crippen LogP contribution in [-0.4, -0.2) is 13.4 Å². The third-order valence-corrected chi connectivity index (χ3v) is 17.5. The summed E-state index contributed by atoms with van der Waals surface area (Å²) < 4.78 is 0. The van der Waals surface area contributed by atoms with E-state index >= 15 is 0 Å². The molecule has 0 amide bonds. The van der Waals surface area contributed by atoms with E-state index in [0.29, 0.717) is 0 Å². The lowest BCUT2D eigenvalue weighted by molar-refractivity contribution is 0.590. The highest BCUT2D eigenvalue weighted by Gasteiger charge is 2.54. The molecule has 0 fully saturated rings. The van der Waals surface area contributed by atoms with Crippen molar-refractivity contribution in [3.63, 3.8) is 0 Å². The van der Waals surface area contributed by atoms with Crippen molar-refractivity contribution in [1.82, 2.24) is 0 Å². The van der Waals surface area contributed by atoms with Gasteiger partial charge in [-0.25, -0.2) is 0 Å². The van der Waals surface area contributed by atoms with Crippen molar-refractivity contribution in [3.05, 3.63) is 219 Å². The third kappa shape index (κ3) is 5.61. The summed E-state index contributed by atoms with van der Waals surface area (Å²) in [6, 6.07) is 63.5. The van der Waals surface area contributed by atoms with Gasteiger partial charge in [-0.3, -0.25) is 0 Å². The summed E-state index contributed by atoms with van der Waals surface area (Å²) in [7, 11) is 0. The van der Waals surface area contributed by atoms with Gasteiger partial charge in [-0.15, -0.1) is 0 Å². The number of rotatable bonds is 1. The molecule has 0 saturated heterocycles. The van der Waals surface area contributed by atoms with Crippen LogP contribution in [0, 0.1) is 34.6 Å². The van der Waals surface area contributed by atoms with E-state index in [2.05, 4.69) is 239 Å². The SMILES string of the molecule is Cc1cc(C)c(B2c3cc(C(C)(C)C)ccc3N3c4ccc(C(C)(C)C)cc4B4c5cc(cc2c53)-c2cccc3c2C2(c5ccccc5-c5cc(ccc52)-c2cc(C)cc(C)c24)c2ccccc2-3)c(C)c1. The zero-order valence-corrected chi connectivity index (χ0v) is 43.1. The van der Waals surface area contributed by atoms with Gasteiger partial charge in [0.2, 0.25) is 13.4 Å². The number of anilines is 3. The minimum Gasteiger partial charge on any atom is -0.313 e. The molecular weight excluding hydrogens is 852 g/mol. The van der Waals surface area contributed by atoms with Crippen LogP contribution in [0.4, 0.5) is 17.1 Å². The van der Waals surface area contributed by atoms with E-state index in [1.165, 1.54) is 156 Å². The van der Waals surface area contributed by atoms with Crippen molar-refractivity contribution in [1.29, 1.82) is 0 Å². The number of hydrogen-bond donors (Lipinski definition) is 0. The van der Waals surface area contributed by atoms with Crippen LogP contribution < -0.4 is 37.7 Å². The Hall–Kier alpha value is -7.09. The maximum absolute atomic E-state index is 2.70. The molecule has 0 aromatic heterocycles. The largest absolute Gasteiger partial charge is 0.313 e. The molecule has 0 radical (unpaired) electrons. The van der Waals surface area contributed by atoms with Crippen molar-refractivity contribution in [2.45, 2.75) is 92.4 Å². The monoisotopic (exact) mass is 911 g/mol. The van der Waals surface area contributed by atoms with Crippen LogP contribution >= 0.6 is 0 Å². The zero-order chi connectivity index (χ0) is 48.8. The Bertz CT molecular complexity index is 3850. The number of aryl methyl sites for hydroxylation is 5. The lowest BCUT2D eigenvalue weighted by atomic mass is 9.29. The molecule has 15 rings (SSSR count). The van der Waals surface area contributed by atoms with Crippen LogP contribution in [0.2, 0.25) is 0 Å². The van der Waals surface area contributed by atoms with Gasteiger partial charge in [0, 0.05) is 17.1 Å². The average molecular weight is 912 g/mol. The first-order valence-electron chi connectivity index (χ1n) is 26.0. The highest BCUT2D eigenvalue weighted by atomic mass is 15.2. The molecule has 0 saturated carbocycles.